The monoisotopic (exact) mass is 228 g/mol. The summed E-state index contributed by atoms with van der Waals surface area (Å²) < 4.78 is 4.61. The first kappa shape index (κ1) is 11.1. The van der Waals surface area contributed by atoms with E-state index >= 15 is 0 Å². The van der Waals surface area contributed by atoms with Crippen molar-refractivity contribution in [3.63, 3.8) is 0 Å². The molecule has 0 unspecified atom stereocenters. The van der Waals surface area contributed by atoms with Crippen LogP contribution >= 0.6 is 0 Å². The topological polar surface area (TPSA) is 26.3 Å². The molecule has 0 aromatic rings. The maximum atomic E-state index is 9.44. The minimum atomic E-state index is 0. The molecule has 2 nitrogen and oxygen atoms in total. The van der Waals surface area contributed by atoms with E-state index in [1.807, 2.05) is 6.92 Å². The van der Waals surface area contributed by atoms with Crippen molar-refractivity contribution in [2.45, 2.75) is 6.92 Å². The molecule has 0 saturated heterocycles. The first-order valence-corrected chi connectivity index (χ1v) is 1.93. The van der Waals surface area contributed by atoms with Gasteiger partial charge in [0.05, 0.1) is 0 Å². The molecule has 0 spiro atoms. The van der Waals surface area contributed by atoms with Crippen LogP contribution in [-0.2, 0) is 9.53 Å². The van der Waals surface area contributed by atoms with Crippen molar-refractivity contribution in [1.29, 1.82) is 0 Å². The van der Waals surface area contributed by atoms with Crippen LogP contribution in [0.4, 0.5) is 0 Å². The van der Waals surface area contributed by atoms with E-state index in [1.165, 1.54) is 0 Å². The molecule has 7 heavy (non-hydrogen) atoms. The second kappa shape index (κ2) is 10.2. The Morgan fingerprint density at radius 3 is 2.57 bits per heavy atom. The molecule has 0 radical (unpaired) electrons. The van der Waals surface area contributed by atoms with Gasteiger partial charge in [-0.25, -0.2) is 0 Å². The summed E-state index contributed by atoms with van der Waals surface area (Å²) in [5.41, 5.74) is 0. The van der Waals surface area contributed by atoms with Gasteiger partial charge < -0.3 is 12.4 Å². The normalized spacial score (nSPS) is 7.00. The summed E-state index contributed by atoms with van der Waals surface area (Å²) in [4.78, 5) is 9.44. The van der Waals surface area contributed by atoms with Crippen LogP contribution in [0, 0.1) is 0 Å². The molecule has 0 aliphatic heterocycles. The van der Waals surface area contributed by atoms with Gasteiger partial charge in [0.25, 0.3) is 0 Å². The van der Waals surface area contributed by atoms with Crippen LogP contribution in [0.1, 0.15) is 9.78 Å². The Morgan fingerprint density at radius 1 is 1.86 bits per heavy atom. The first-order chi connectivity index (χ1) is 2.91. The number of aldehydes is 1. The summed E-state index contributed by atoms with van der Waals surface area (Å²) in [6.45, 7) is 2.71. The summed E-state index contributed by atoms with van der Waals surface area (Å²) in [6, 6.07) is 0. The second-order valence-electron chi connectivity index (χ2n) is 0.826. The molecule has 0 aliphatic carbocycles. The average molecular weight is 227 g/mol. The van der Waals surface area contributed by atoms with Crippen LogP contribution < -0.4 is 0 Å². The van der Waals surface area contributed by atoms with Gasteiger partial charge in [0.2, 0.25) is 0 Å². The molecule has 0 atom stereocenters. The molecular weight excluding hydrogens is 217 g/mol. The van der Waals surface area contributed by atoms with Gasteiger partial charge in [0.1, 0.15) is 12.9 Å². The van der Waals surface area contributed by atoms with Gasteiger partial charge in [-0.2, -0.15) is 0 Å². The van der Waals surface area contributed by atoms with Gasteiger partial charge >= 0.3 is 48.9 Å². The molecule has 0 amide bonds. The molecule has 0 bridgehead atoms. The third kappa shape index (κ3) is 11.0. The summed E-state index contributed by atoms with van der Waals surface area (Å²) >= 11 is 0. The Hall–Kier alpha value is 1.20. The quantitative estimate of drug-likeness (QED) is 0.387. The minimum Gasteiger partial charge on any atom is -1.00 e. The van der Waals surface area contributed by atoms with Crippen molar-refractivity contribution in [2.24, 2.45) is 0 Å². The molecular formula is C4H10BaO2. The van der Waals surface area contributed by atoms with E-state index in [0.717, 1.165) is 6.29 Å². The van der Waals surface area contributed by atoms with Gasteiger partial charge in [-0.3, -0.25) is 0 Å². The van der Waals surface area contributed by atoms with Crippen molar-refractivity contribution in [3.05, 3.63) is 0 Å². The molecule has 3 heteroatoms. The first-order valence-electron chi connectivity index (χ1n) is 1.93. The van der Waals surface area contributed by atoms with Gasteiger partial charge in [0.15, 0.2) is 0 Å². The summed E-state index contributed by atoms with van der Waals surface area (Å²) in [6.07, 6.45) is 0.740. The number of carbonyl (C=O) groups excluding carboxylic acids is 1. The van der Waals surface area contributed by atoms with E-state index < -0.39 is 0 Å². The van der Waals surface area contributed by atoms with Crippen LogP contribution in [0.25, 0.3) is 0 Å². The van der Waals surface area contributed by atoms with Crippen molar-refractivity contribution >= 4 is 55.2 Å². The maximum Gasteiger partial charge on any atom is 2.00 e. The van der Waals surface area contributed by atoms with Crippen molar-refractivity contribution in [2.75, 3.05) is 13.2 Å². The zero-order valence-corrected chi connectivity index (χ0v) is 8.96. The van der Waals surface area contributed by atoms with Crippen molar-refractivity contribution in [3.8, 4) is 0 Å². The van der Waals surface area contributed by atoms with Gasteiger partial charge in [-0.15, -0.1) is 0 Å². The Morgan fingerprint density at radius 2 is 2.43 bits per heavy atom. The van der Waals surface area contributed by atoms with E-state index in [9.17, 15) is 4.79 Å². The molecule has 0 rings (SSSR count). The predicted molar refractivity (Wildman–Crippen MR) is 30.5 cm³/mol. The van der Waals surface area contributed by atoms with E-state index in [0.29, 0.717) is 6.61 Å². The van der Waals surface area contributed by atoms with E-state index in [1.54, 1.807) is 0 Å². The number of carbonyl (C=O) groups is 1. The van der Waals surface area contributed by atoms with Crippen LogP contribution in [0.3, 0.4) is 0 Å². The third-order valence-corrected chi connectivity index (χ3v) is 0.390. The fraction of sp³-hybridized carbons (Fsp3) is 0.750. The van der Waals surface area contributed by atoms with Gasteiger partial charge in [-0.05, 0) is 6.92 Å². The average Bonchev–Trinajstić information content (AvgIpc) is 1.61. The van der Waals surface area contributed by atoms with Crippen LogP contribution in [0.5, 0.6) is 0 Å². The number of hydrogen-bond donors (Lipinski definition) is 0. The second-order valence-corrected chi connectivity index (χ2v) is 0.826. The van der Waals surface area contributed by atoms with Crippen molar-refractivity contribution in [1.82, 2.24) is 0 Å². The molecule has 0 N–H and O–H groups in total. The fourth-order valence-corrected chi connectivity index (χ4v) is 0.166. The SMILES string of the molecule is CCOCC=O.[Ba+2].[H-].[H-]. The van der Waals surface area contributed by atoms with E-state index in [-0.39, 0.29) is 58.3 Å². The number of ether oxygens (including phenoxy) is 1. The molecule has 0 aliphatic rings. The largest absolute Gasteiger partial charge is 2.00 e. The van der Waals surface area contributed by atoms with Crippen LogP contribution in [0.2, 0.25) is 0 Å². The molecule has 0 saturated carbocycles. The number of rotatable bonds is 3. The molecule has 0 heterocycles. The molecule has 40 valence electrons. The standard InChI is InChI=1S/C4H8O2.Ba.2H/c1-2-6-4-3-5;;;/h3H,2,4H2,1H3;;;/q;+2;2*-1. The maximum absolute atomic E-state index is 9.44. The number of hydrogen-bond acceptors (Lipinski definition) is 2. The Kier molecular flexibility index (Phi) is 16.2. The Labute approximate surface area is 86.7 Å². The van der Waals surface area contributed by atoms with Gasteiger partial charge in [-0.1, -0.05) is 0 Å². The van der Waals surface area contributed by atoms with E-state index in [2.05, 4.69) is 4.74 Å². The molecule has 0 fully saturated rings. The Bertz CT molecular complexity index is 45.5. The molecule has 0 aromatic carbocycles. The fourth-order valence-electron chi connectivity index (χ4n) is 0.166. The third-order valence-electron chi connectivity index (χ3n) is 0.390. The zero-order chi connectivity index (χ0) is 4.83. The minimum absolute atomic E-state index is 0. The van der Waals surface area contributed by atoms with E-state index in [4.69, 9.17) is 0 Å². The summed E-state index contributed by atoms with van der Waals surface area (Å²) in [7, 11) is 0. The summed E-state index contributed by atoms with van der Waals surface area (Å²) in [5, 5.41) is 0. The Balaban J connectivity index is -0.0000000417. The smallest absolute Gasteiger partial charge is 1.00 e. The molecule has 0 aromatic heterocycles. The van der Waals surface area contributed by atoms with Crippen LogP contribution in [-0.4, -0.2) is 68.4 Å². The summed E-state index contributed by atoms with van der Waals surface area (Å²) in [5.74, 6) is 0. The van der Waals surface area contributed by atoms with Crippen LogP contribution in [0.15, 0.2) is 0 Å². The van der Waals surface area contributed by atoms with Gasteiger partial charge in [0, 0.05) is 6.61 Å². The predicted octanol–water partition coefficient (Wildman–Crippen LogP) is 0.0660. The zero-order valence-electron chi connectivity index (χ0n) is 6.52. The van der Waals surface area contributed by atoms with Crippen molar-refractivity contribution < 1.29 is 12.4 Å².